The summed E-state index contributed by atoms with van der Waals surface area (Å²) in [5.74, 6) is 0. The zero-order valence-electron chi connectivity index (χ0n) is 27.7. The molecule has 0 atom stereocenters. The van der Waals surface area contributed by atoms with Crippen LogP contribution in [0.2, 0.25) is 0 Å². The van der Waals surface area contributed by atoms with Gasteiger partial charge < -0.3 is 61.3 Å². The van der Waals surface area contributed by atoms with Gasteiger partial charge in [-0.1, -0.05) is 24.3 Å². The zero-order chi connectivity index (χ0) is 37.6. The van der Waals surface area contributed by atoms with Crippen molar-refractivity contribution in [3.63, 3.8) is 0 Å². The summed E-state index contributed by atoms with van der Waals surface area (Å²) in [6.07, 6.45) is 9.65. The van der Waals surface area contributed by atoms with Crippen LogP contribution in [0.5, 0.6) is 0 Å². The summed E-state index contributed by atoms with van der Waals surface area (Å²) in [4.78, 5) is 56.0. The van der Waals surface area contributed by atoms with Crippen LogP contribution in [0.4, 0.5) is 0 Å². The van der Waals surface area contributed by atoms with Crippen LogP contribution in [0.1, 0.15) is 35.6 Å². The van der Waals surface area contributed by atoms with Crippen molar-refractivity contribution in [3.05, 3.63) is 182 Å². The molecule has 4 rings (SSSR count). The van der Waals surface area contributed by atoms with E-state index in [-0.39, 0.29) is 54.6 Å². The first kappa shape index (κ1) is 51.5. The number of unbranched alkanes of at least 4 members (excludes halogenated alkanes) is 1. The van der Waals surface area contributed by atoms with E-state index >= 15 is 0 Å². The average molecular weight is 925 g/mol. The number of hydrogen-bond donors (Lipinski definition) is 0. The first-order valence-electron chi connectivity index (χ1n) is 14.1. The van der Waals surface area contributed by atoms with E-state index in [0.717, 1.165) is 74.9 Å². The quantitative estimate of drug-likeness (QED) is 0.0796. The Hall–Kier alpha value is -4.84. The fraction of sp³-hybridized carbons (Fsp3) is 0.286. The minimum absolute atomic E-state index is 0. The fourth-order valence-corrected chi connectivity index (χ4v) is 3.98. The van der Waals surface area contributed by atoms with Crippen LogP contribution in [-0.2, 0) is 80.8 Å². The van der Waals surface area contributed by atoms with Crippen LogP contribution < -0.4 is 0 Å². The molecule has 0 radical (unpaired) electrons. The molecular formula is C28H32Cd2N10O12. The smallest absolute Gasteiger partial charge is 0.356 e. The Morgan fingerprint density at radius 2 is 0.596 bits per heavy atom. The van der Waals surface area contributed by atoms with Gasteiger partial charge in [0.1, 0.15) is 0 Å². The van der Waals surface area contributed by atoms with Gasteiger partial charge in [0.05, 0.1) is 43.1 Å². The SMILES string of the molecule is O=[N+]([O-])[O-].O=[N+]([O-])[O-].O=[N+]([O-])[O-].O=[N+]([O-])[O-].[Cd+2].[Cd+2].c1ccc(CN(CCCCN(Cc2ccccn2)Cc2ccccn2)Cc2ccccn2)nc1. The molecule has 24 heteroatoms. The van der Waals surface area contributed by atoms with Gasteiger partial charge in [0.15, 0.2) is 0 Å². The first-order valence-corrected chi connectivity index (χ1v) is 14.1. The van der Waals surface area contributed by atoms with Crippen molar-refractivity contribution < 1.29 is 74.9 Å². The number of aromatic nitrogens is 4. The number of hydrogen-bond acceptors (Lipinski definition) is 18. The zero-order valence-corrected chi connectivity index (χ0v) is 35.8. The van der Waals surface area contributed by atoms with Crippen molar-refractivity contribution in [1.29, 1.82) is 0 Å². The fourth-order valence-electron chi connectivity index (χ4n) is 3.98. The van der Waals surface area contributed by atoms with Crippen molar-refractivity contribution in [2.24, 2.45) is 0 Å². The minimum Gasteiger partial charge on any atom is -0.356 e. The van der Waals surface area contributed by atoms with Gasteiger partial charge in [-0.3, -0.25) is 29.7 Å². The van der Waals surface area contributed by atoms with Crippen molar-refractivity contribution in [2.75, 3.05) is 13.1 Å². The molecule has 270 valence electrons. The van der Waals surface area contributed by atoms with Crippen LogP contribution in [0.3, 0.4) is 0 Å². The minimum atomic E-state index is -1.75. The maximum Gasteiger partial charge on any atom is 2.00 e. The van der Waals surface area contributed by atoms with Gasteiger partial charge in [-0.05, 0) is 74.5 Å². The summed E-state index contributed by atoms with van der Waals surface area (Å²) in [7, 11) is 0. The number of rotatable bonds is 13. The third-order valence-corrected chi connectivity index (χ3v) is 5.65. The van der Waals surface area contributed by atoms with E-state index in [1.807, 2.05) is 73.3 Å². The third kappa shape index (κ3) is 35.0. The molecule has 0 saturated heterocycles. The third-order valence-electron chi connectivity index (χ3n) is 5.65. The molecule has 52 heavy (non-hydrogen) atoms. The molecule has 22 nitrogen and oxygen atoms in total. The molecule has 0 N–H and O–H groups in total. The first-order chi connectivity index (χ1) is 23.8. The van der Waals surface area contributed by atoms with Crippen molar-refractivity contribution in [3.8, 4) is 0 Å². The average Bonchev–Trinajstić information content (AvgIpc) is 3.04. The molecule has 0 aliphatic heterocycles. The van der Waals surface area contributed by atoms with Crippen molar-refractivity contribution in [2.45, 2.75) is 39.0 Å². The Bertz CT molecular complexity index is 1260. The van der Waals surface area contributed by atoms with E-state index in [0.29, 0.717) is 0 Å². The molecular weight excluding hydrogens is 893 g/mol. The second-order valence-corrected chi connectivity index (χ2v) is 9.31. The van der Waals surface area contributed by atoms with E-state index in [9.17, 15) is 0 Å². The molecule has 0 amide bonds. The van der Waals surface area contributed by atoms with Crippen LogP contribution >= 0.6 is 0 Å². The summed E-state index contributed by atoms with van der Waals surface area (Å²) in [5, 5.41) is 59.0. The summed E-state index contributed by atoms with van der Waals surface area (Å²) < 4.78 is 0. The monoisotopic (exact) mass is 928 g/mol. The normalized spacial score (nSPS) is 9.19. The molecule has 0 unspecified atom stereocenters. The Labute approximate surface area is 336 Å². The van der Waals surface area contributed by atoms with E-state index in [4.69, 9.17) is 61.3 Å². The van der Waals surface area contributed by atoms with Crippen LogP contribution in [-0.4, -0.2) is 63.2 Å². The molecule has 0 fully saturated rings. The van der Waals surface area contributed by atoms with Gasteiger partial charge in [0.25, 0.3) is 0 Å². The Morgan fingerprint density at radius 1 is 0.404 bits per heavy atom. The second kappa shape index (κ2) is 33.3. The molecule has 0 spiro atoms. The van der Waals surface area contributed by atoms with Gasteiger partial charge in [-0.15, -0.1) is 0 Å². The van der Waals surface area contributed by atoms with Gasteiger partial charge in [-0.25, -0.2) is 0 Å². The molecule has 0 aliphatic carbocycles. The van der Waals surface area contributed by atoms with Gasteiger partial charge in [0.2, 0.25) is 0 Å². The van der Waals surface area contributed by atoms with Crippen LogP contribution in [0.15, 0.2) is 97.6 Å². The predicted octanol–water partition coefficient (Wildman–Crippen LogP) is 3.79. The van der Waals surface area contributed by atoms with Crippen LogP contribution in [0, 0.1) is 61.3 Å². The van der Waals surface area contributed by atoms with Gasteiger partial charge in [0, 0.05) is 51.0 Å². The predicted molar refractivity (Wildman–Crippen MR) is 176 cm³/mol. The summed E-state index contributed by atoms with van der Waals surface area (Å²) in [6, 6.07) is 24.4. The van der Waals surface area contributed by atoms with Crippen molar-refractivity contribution >= 4 is 0 Å². The molecule has 0 aromatic carbocycles. The molecule has 4 aromatic heterocycles. The van der Waals surface area contributed by atoms with E-state index < -0.39 is 20.3 Å². The van der Waals surface area contributed by atoms with E-state index in [1.165, 1.54) is 0 Å². The maximum absolute atomic E-state index is 8.25. The van der Waals surface area contributed by atoms with E-state index in [2.05, 4.69) is 54.0 Å². The maximum atomic E-state index is 8.25. The molecule has 0 aliphatic rings. The Balaban J connectivity index is -0.00000113. The Kier molecular flexibility index (Phi) is 33.0. The van der Waals surface area contributed by atoms with Gasteiger partial charge >= 0.3 is 54.6 Å². The molecule has 0 saturated carbocycles. The van der Waals surface area contributed by atoms with E-state index in [1.54, 1.807) is 0 Å². The molecule has 4 heterocycles. The summed E-state index contributed by atoms with van der Waals surface area (Å²) in [6.45, 7) is 5.28. The molecule has 0 bridgehead atoms. The largest absolute Gasteiger partial charge is 2.00 e. The standard InChI is InChI=1S/C28H32N6.2Cd.4NO3/c1-5-15-29-25(11-1)21-33(22-26-12-2-6-16-30-26)19-9-10-20-34(23-27-13-3-7-17-31-27)24-28-14-4-8-18-32-28;;;4*2-1(3)4/h1-8,11-18H,9-10,19-24H2;;;;;;/q;2*+2;4*-1. The summed E-state index contributed by atoms with van der Waals surface area (Å²) >= 11 is 0. The van der Waals surface area contributed by atoms with Crippen molar-refractivity contribution in [1.82, 2.24) is 29.7 Å². The number of pyridine rings is 4. The van der Waals surface area contributed by atoms with Crippen LogP contribution in [0.25, 0.3) is 0 Å². The second-order valence-electron chi connectivity index (χ2n) is 9.31. The van der Waals surface area contributed by atoms with Gasteiger partial charge in [-0.2, -0.15) is 0 Å². The molecule has 4 aromatic rings. The number of nitrogens with zero attached hydrogens (tertiary/aromatic N) is 10. The topological polar surface area (TPSA) is 323 Å². The Morgan fingerprint density at radius 3 is 0.750 bits per heavy atom. The summed E-state index contributed by atoms with van der Waals surface area (Å²) in [5.41, 5.74) is 4.35.